The molecule has 0 amide bonds. The average molecular weight is 248 g/mol. The van der Waals surface area contributed by atoms with E-state index < -0.39 is 0 Å². The minimum Gasteiger partial charge on any atom is -0.394 e. The third-order valence-corrected chi connectivity index (χ3v) is 3.38. The zero-order valence-electron chi connectivity index (χ0n) is 9.76. The van der Waals surface area contributed by atoms with Crippen LogP contribution in [-0.4, -0.2) is 22.7 Å². The van der Waals surface area contributed by atoms with Gasteiger partial charge in [0.15, 0.2) is 5.13 Å². The van der Waals surface area contributed by atoms with Gasteiger partial charge in [-0.1, -0.05) is 30.3 Å². The molecule has 0 bridgehead atoms. The summed E-state index contributed by atoms with van der Waals surface area (Å²) in [6.45, 7) is 2.07. The quantitative estimate of drug-likeness (QED) is 0.854. The van der Waals surface area contributed by atoms with Crippen LogP contribution in [0.15, 0.2) is 35.7 Å². The van der Waals surface area contributed by atoms with Crippen molar-refractivity contribution in [1.29, 1.82) is 0 Å². The summed E-state index contributed by atoms with van der Waals surface area (Å²) in [6, 6.07) is 10.2. The first kappa shape index (κ1) is 12.1. The van der Waals surface area contributed by atoms with Crippen LogP contribution in [0.4, 0.5) is 5.13 Å². The second kappa shape index (κ2) is 5.80. The van der Waals surface area contributed by atoms with Gasteiger partial charge in [0, 0.05) is 5.38 Å². The van der Waals surface area contributed by atoms with E-state index in [1.54, 1.807) is 11.3 Å². The van der Waals surface area contributed by atoms with Gasteiger partial charge in [-0.2, -0.15) is 0 Å². The number of hydrogen-bond donors (Lipinski definition) is 2. The Hall–Kier alpha value is -1.39. The van der Waals surface area contributed by atoms with Gasteiger partial charge in [0.25, 0.3) is 0 Å². The Morgan fingerprint density at radius 3 is 2.71 bits per heavy atom. The molecule has 4 heteroatoms. The van der Waals surface area contributed by atoms with Crippen molar-refractivity contribution in [2.75, 3.05) is 11.9 Å². The van der Waals surface area contributed by atoms with Crippen molar-refractivity contribution in [2.24, 2.45) is 0 Å². The van der Waals surface area contributed by atoms with Gasteiger partial charge in [0.2, 0.25) is 0 Å². The molecule has 90 valence electrons. The van der Waals surface area contributed by atoms with Gasteiger partial charge in [-0.25, -0.2) is 4.98 Å². The van der Waals surface area contributed by atoms with E-state index in [1.165, 1.54) is 5.56 Å². The molecule has 2 N–H and O–H groups in total. The van der Waals surface area contributed by atoms with Gasteiger partial charge in [-0.05, 0) is 18.9 Å². The summed E-state index contributed by atoms with van der Waals surface area (Å²) in [6.07, 6.45) is 0.802. The molecule has 0 saturated heterocycles. The van der Waals surface area contributed by atoms with Crippen molar-refractivity contribution in [3.8, 4) is 0 Å². The van der Waals surface area contributed by atoms with E-state index in [-0.39, 0.29) is 12.6 Å². The van der Waals surface area contributed by atoms with E-state index in [2.05, 4.69) is 22.4 Å². The number of anilines is 1. The summed E-state index contributed by atoms with van der Waals surface area (Å²) in [5.41, 5.74) is 2.22. The highest BCUT2D eigenvalue weighted by Crippen LogP contribution is 2.16. The van der Waals surface area contributed by atoms with Gasteiger partial charge in [0.1, 0.15) is 0 Å². The van der Waals surface area contributed by atoms with Crippen molar-refractivity contribution < 1.29 is 5.11 Å². The molecule has 1 aromatic heterocycles. The molecule has 2 aromatic rings. The summed E-state index contributed by atoms with van der Waals surface area (Å²) in [4.78, 5) is 4.34. The first-order chi connectivity index (χ1) is 8.28. The van der Waals surface area contributed by atoms with Crippen LogP contribution in [-0.2, 0) is 6.42 Å². The monoisotopic (exact) mass is 248 g/mol. The number of aliphatic hydroxyl groups excluding tert-OH is 1. The fraction of sp³-hybridized carbons (Fsp3) is 0.308. The molecule has 3 nitrogen and oxygen atoms in total. The molecule has 1 unspecified atom stereocenters. The van der Waals surface area contributed by atoms with Gasteiger partial charge in [-0.3, -0.25) is 0 Å². The van der Waals surface area contributed by atoms with Crippen LogP contribution < -0.4 is 5.32 Å². The Morgan fingerprint density at radius 2 is 2.12 bits per heavy atom. The van der Waals surface area contributed by atoms with Gasteiger partial charge in [-0.15, -0.1) is 11.3 Å². The SMILES string of the molecule is Cc1csc(NC(CO)Cc2ccccc2)n1. The van der Waals surface area contributed by atoms with Crippen molar-refractivity contribution in [2.45, 2.75) is 19.4 Å². The number of aryl methyl sites for hydroxylation is 1. The maximum absolute atomic E-state index is 9.37. The minimum atomic E-state index is 0.0166. The number of thiazole rings is 1. The molecular formula is C13H16N2OS. The molecule has 0 spiro atoms. The lowest BCUT2D eigenvalue weighted by Crippen LogP contribution is -2.26. The number of aliphatic hydroxyl groups is 1. The summed E-state index contributed by atoms with van der Waals surface area (Å²) in [7, 11) is 0. The van der Waals surface area contributed by atoms with E-state index in [0.29, 0.717) is 0 Å². The Morgan fingerprint density at radius 1 is 1.35 bits per heavy atom. The smallest absolute Gasteiger partial charge is 0.183 e. The van der Waals surface area contributed by atoms with Crippen molar-refractivity contribution >= 4 is 16.5 Å². The number of nitrogens with one attached hydrogen (secondary N) is 1. The van der Waals surface area contributed by atoms with Crippen molar-refractivity contribution in [3.63, 3.8) is 0 Å². The predicted octanol–water partition coefficient (Wildman–Crippen LogP) is 2.47. The fourth-order valence-corrected chi connectivity index (χ4v) is 2.42. The largest absolute Gasteiger partial charge is 0.394 e. The van der Waals surface area contributed by atoms with Crippen LogP contribution >= 0.6 is 11.3 Å². The Labute approximate surface area is 105 Å². The molecule has 0 aliphatic rings. The summed E-state index contributed by atoms with van der Waals surface area (Å²) in [5, 5.41) is 15.5. The van der Waals surface area contributed by atoms with E-state index in [1.807, 2.05) is 30.5 Å². The molecule has 1 atom stereocenters. The highest BCUT2D eigenvalue weighted by Gasteiger charge is 2.09. The molecule has 0 aliphatic carbocycles. The highest BCUT2D eigenvalue weighted by atomic mass is 32.1. The normalized spacial score (nSPS) is 12.4. The van der Waals surface area contributed by atoms with Crippen molar-refractivity contribution in [3.05, 3.63) is 47.0 Å². The molecule has 0 saturated carbocycles. The first-order valence-electron chi connectivity index (χ1n) is 5.61. The zero-order valence-corrected chi connectivity index (χ0v) is 10.6. The third-order valence-electron chi connectivity index (χ3n) is 2.49. The van der Waals surface area contributed by atoms with Crippen LogP contribution in [0.25, 0.3) is 0 Å². The van der Waals surface area contributed by atoms with Gasteiger partial charge in [0.05, 0.1) is 18.3 Å². The molecule has 0 fully saturated rings. The second-order valence-corrected chi connectivity index (χ2v) is 4.87. The Bertz CT molecular complexity index is 455. The lowest BCUT2D eigenvalue weighted by molar-refractivity contribution is 0.273. The number of aromatic nitrogens is 1. The molecule has 17 heavy (non-hydrogen) atoms. The number of hydrogen-bond acceptors (Lipinski definition) is 4. The van der Waals surface area contributed by atoms with Crippen LogP contribution in [0.3, 0.4) is 0 Å². The Balaban J connectivity index is 1.98. The average Bonchev–Trinajstić information content (AvgIpc) is 2.75. The van der Waals surface area contributed by atoms with Crippen LogP contribution in [0, 0.1) is 6.92 Å². The molecule has 0 aliphatic heterocycles. The van der Waals surface area contributed by atoms with E-state index in [4.69, 9.17) is 0 Å². The minimum absolute atomic E-state index is 0.0166. The second-order valence-electron chi connectivity index (χ2n) is 4.01. The lowest BCUT2D eigenvalue weighted by Gasteiger charge is -2.15. The predicted molar refractivity (Wildman–Crippen MR) is 71.5 cm³/mol. The lowest BCUT2D eigenvalue weighted by atomic mass is 10.1. The zero-order chi connectivity index (χ0) is 12.1. The molecular weight excluding hydrogens is 232 g/mol. The standard InChI is InChI=1S/C13H16N2OS/c1-10-9-17-13(14-10)15-12(8-16)7-11-5-3-2-4-6-11/h2-6,9,12,16H,7-8H2,1H3,(H,14,15). The van der Waals surface area contributed by atoms with E-state index in [9.17, 15) is 5.11 Å². The fourth-order valence-electron chi connectivity index (χ4n) is 1.65. The number of nitrogens with zero attached hydrogens (tertiary/aromatic N) is 1. The number of rotatable bonds is 5. The maximum atomic E-state index is 9.37. The topological polar surface area (TPSA) is 45.1 Å². The molecule has 2 rings (SSSR count). The van der Waals surface area contributed by atoms with E-state index >= 15 is 0 Å². The number of benzene rings is 1. The summed E-state index contributed by atoms with van der Waals surface area (Å²) < 4.78 is 0. The van der Waals surface area contributed by atoms with Crippen LogP contribution in [0.2, 0.25) is 0 Å². The van der Waals surface area contributed by atoms with Crippen LogP contribution in [0.1, 0.15) is 11.3 Å². The summed E-state index contributed by atoms with van der Waals surface area (Å²) >= 11 is 1.57. The third kappa shape index (κ3) is 3.54. The van der Waals surface area contributed by atoms with Gasteiger partial charge < -0.3 is 10.4 Å². The van der Waals surface area contributed by atoms with Crippen LogP contribution in [0.5, 0.6) is 0 Å². The Kier molecular flexibility index (Phi) is 4.12. The molecule has 0 radical (unpaired) electrons. The highest BCUT2D eigenvalue weighted by molar-refractivity contribution is 7.13. The van der Waals surface area contributed by atoms with E-state index in [0.717, 1.165) is 17.2 Å². The summed E-state index contributed by atoms with van der Waals surface area (Å²) in [5.74, 6) is 0. The van der Waals surface area contributed by atoms with Gasteiger partial charge >= 0.3 is 0 Å². The maximum Gasteiger partial charge on any atom is 0.183 e. The molecule has 1 heterocycles. The van der Waals surface area contributed by atoms with Crippen molar-refractivity contribution in [1.82, 2.24) is 4.98 Å². The molecule has 1 aromatic carbocycles. The first-order valence-corrected chi connectivity index (χ1v) is 6.49.